The summed E-state index contributed by atoms with van der Waals surface area (Å²) in [5, 5.41) is 9.86. The van der Waals surface area contributed by atoms with Gasteiger partial charge in [0.05, 0.1) is 59.5 Å². The number of aromatic nitrogens is 1. The van der Waals surface area contributed by atoms with Crippen LogP contribution in [0.15, 0.2) is 42.5 Å². The highest BCUT2D eigenvalue weighted by Gasteiger charge is 2.31. The molecule has 53 heavy (non-hydrogen) atoms. The molecule has 4 N–H and O–H groups in total. The van der Waals surface area contributed by atoms with E-state index in [-0.39, 0.29) is 89.4 Å². The van der Waals surface area contributed by atoms with Crippen LogP contribution >= 0.6 is 0 Å². The molecule has 0 unspecified atom stereocenters. The van der Waals surface area contributed by atoms with Gasteiger partial charge in [-0.25, -0.2) is 9.59 Å². The fourth-order valence-corrected chi connectivity index (χ4v) is 7.15. The van der Waals surface area contributed by atoms with Crippen molar-refractivity contribution in [2.45, 2.75) is 39.7 Å². The number of methoxy groups -OCH3 is 1. The van der Waals surface area contributed by atoms with Crippen LogP contribution in [0.1, 0.15) is 51.1 Å². The van der Waals surface area contributed by atoms with E-state index in [0.717, 1.165) is 0 Å². The van der Waals surface area contributed by atoms with Crippen molar-refractivity contribution in [2.75, 3.05) is 37.6 Å². The number of ether oxygens (including phenoxy) is 4. The second kappa shape index (κ2) is 16.6. The van der Waals surface area contributed by atoms with E-state index >= 15 is 0 Å². The predicted octanol–water partition coefficient (Wildman–Crippen LogP) is 3.41. The minimum atomic E-state index is -4.37. The van der Waals surface area contributed by atoms with Crippen molar-refractivity contribution in [3.8, 4) is 23.0 Å². The fraction of sp³-hybridized carbons (Fsp3) is 0.364. The second-order valence-electron chi connectivity index (χ2n) is 12.0. The van der Waals surface area contributed by atoms with Crippen molar-refractivity contribution in [3.05, 3.63) is 64.7 Å². The number of hydrogen-bond acceptors (Lipinski definition) is 12. The summed E-state index contributed by atoms with van der Waals surface area (Å²) >= 11 is 0. The molecule has 0 aliphatic rings. The van der Waals surface area contributed by atoms with Gasteiger partial charge in [0.15, 0.2) is 12.3 Å². The van der Waals surface area contributed by atoms with E-state index in [9.17, 15) is 44.5 Å². The summed E-state index contributed by atoms with van der Waals surface area (Å²) < 4.78 is 121. The molecule has 288 valence electrons. The molecule has 0 saturated heterocycles. The van der Waals surface area contributed by atoms with Gasteiger partial charge in [-0.3, -0.25) is 13.7 Å². The SMILES string of the molecule is COc1cc(OCCCS(=O)(=O)O)cc2c(C(=O)Oc3c(C)cc(C(=O)O)cc3C)c3cc(OCCCS(=O)(=O)O)ccc3[n+](CCCS(=O)(=O)O)c12. The van der Waals surface area contributed by atoms with Crippen LogP contribution < -0.4 is 23.5 Å². The number of esters is 1. The van der Waals surface area contributed by atoms with E-state index in [2.05, 4.69) is 0 Å². The maximum absolute atomic E-state index is 14.4. The lowest BCUT2D eigenvalue weighted by Gasteiger charge is -2.17. The number of benzene rings is 3. The van der Waals surface area contributed by atoms with Crippen molar-refractivity contribution < 1.29 is 77.1 Å². The van der Waals surface area contributed by atoms with E-state index in [1.807, 2.05) is 0 Å². The van der Waals surface area contributed by atoms with E-state index in [0.29, 0.717) is 16.6 Å². The molecule has 0 atom stereocenters. The Labute approximate surface area is 305 Å². The Morgan fingerprint density at radius 1 is 0.717 bits per heavy atom. The smallest absolute Gasteiger partial charge is 0.345 e. The van der Waals surface area contributed by atoms with E-state index < -0.39 is 59.6 Å². The lowest BCUT2D eigenvalue weighted by atomic mass is 10.00. The number of fused-ring (bicyclic) bond motifs is 2. The van der Waals surface area contributed by atoms with Gasteiger partial charge in [0.25, 0.3) is 35.9 Å². The molecular weight excluding hydrogens is 763 g/mol. The molecule has 1 aromatic heterocycles. The molecule has 0 aliphatic carbocycles. The van der Waals surface area contributed by atoms with E-state index in [1.54, 1.807) is 24.5 Å². The average Bonchev–Trinajstić information content (AvgIpc) is 3.04. The molecule has 0 bridgehead atoms. The Kier molecular flexibility index (Phi) is 12.9. The first-order valence-electron chi connectivity index (χ1n) is 15.9. The lowest BCUT2D eigenvalue weighted by Crippen LogP contribution is -2.38. The van der Waals surface area contributed by atoms with Crippen molar-refractivity contribution >= 4 is 64.1 Å². The number of hydrogen-bond donors (Lipinski definition) is 4. The highest BCUT2D eigenvalue weighted by Crippen LogP contribution is 2.37. The van der Waals surface area contributed by atoms with Gasteiger partial charge < -0.3 is 24.1 Å². The lowest BCUT2D eigenvalue weighted by molar-refractivity contribution is -0.645. The van der Waals surface area contributed by atoms with Gasteiger partial charge in [0, 0.05) is 18.6 Å². The Morgan fingerprint density at radius 3 is 1.77 bits per heavy atom. The molecule has 0 radical (unpaired) electrons. The summed E-state index contributed by atoms with van der Waals surface area (Å²) in [6.07, 6.45) is -0.249. The summed E-state index contributed by atoms with van der Waals surface area (Å²) in [4.78, 5) is 26.1. The number of carbonyl (C=O) groups is 2. The fourth-order valence-electron chi connectivity index (χ4n) is 5.69. The number of nitrogens with zero attached hydrogens (tertiary/aromatic N) is 1. The average molecular weight is 801 g/mol. The Morgan fingerprint density at radius 2 is 1.25 bits per heavy atom. The first-order valence-corrected chi connectivity index (χ1v) is 20.7. The van der Waals surface area contributed by atoms with Crippen LogP contribution in [-0.4, -0.2) is 93.5 Å². The quantitative estimate of drug-likeness (QED) is 0.0281. The number of aryl methyl sites for hydroxylation is 3. The number of rotatable bonds is 18. The summed E-state index contributed by atoms with van der Waals surface area (Å²) in [7, 11) is -11.6. The first kappa shape index (κ1) is 41.2. The maximum Gasteiger partial charge on any atom is 0.345 e. The Bertz CT molecular complexity index is 2370. The minimum Gasteiger partial charge on any atom is -0.494 e. The van der Waals surface area contributed by atoms with Crippen LogP contribution in [0.4, 0.5) is 0 Å². The van der Waals surface area contributed by atoms with Crippen molar-refractivity contribution in [1.82, 2.24) is 0 Å². The van der Waals surface area contributed by atoms with Gasteiger partial charge in [0.2, 0.25) is 5.52 Å². The zero-order valence-electron chi connectivity index (χ0n) is 28.8. The zero-order valence-corrected chi connectivity index (χ0v) is 31.2. The van der Waals surface area contributed by atoms with Crippen LogP contribution in [0.2, 0.25) is 0 Å². The Balaban J connectivity index is 1.99. The van der Waals surface area contributed by atoms with E-state index in [1.165, 1.54) is 43.5 Å². The summed E-state index contributed by atoms with van der Waals surface area (Å²) in [5.41, 5.74) is 1.18. The normalized spacial score (nSPS) is 12.2. The molecule has 0 aliphatic heterocycles. The van der Waals surface area contributed by atoms with Crippen LogP contribution in [0.3, 0.4) is 0 Å². The monoisotopic (exact) mass is 800 g/mol. The van der Waals surface area contributed by atoms with Crippen molar-refractivity contribution in [1.29, 1.82) is 0 Å². The standard InChI is InChI=1S/C33H37NO16S3/c1-20-15-22(32(35)36)16-21(2)31(20)50-33(37)29-25-17-23(48-10-5-13-52(41,42)43)7-8-27(25)34(9-4-12-51(38,39)40)30-26(29)18-24(19-28(30)47-3)49-11-6-14-53(44,45)46/h7-8,15-19H,4-6,9-14H2,1-3H3,(H3-,35,36,38,39,40,41,42,43,44,45,46)/p+1. The topological polar surface area (TPSA) is 258 Å². The number of aromatic carboxylic acids is 1. The molecule has 0 spiro atoms. The zero-order chi connectivity index (χ0) is 39.3. The van der Waals surface area contributed by atoms with Gasteiger partial charge in [-0.2, -0.15) is 29.8 Å². The maximum atomic E-state index is 14.4. The van der Waals surface area contributed by atoms with Crippen molar-refractivity contribution in [3.63, 3.8) is 0 Å². The molecule has 0 amide bonds. The highest BCUT2D eigenvalue weighted by molar-refractivity contribution is 7.86. The van der Waals surface area contributed by atoms with Crippen LogP contribution in [0, 0.1) is 13.8 Å². The van der Waals surface area contributed by atoms with Crippen LogP contribution in [0.5, 0.6) is 23.0 Å². The van der Waals surface area contributed by atoms with E-state index in [4.69, 9.17) is 28.1 Å². The van der Waals surface area contributed by atoms with Crippen LogP contribution in [-0.2, 0) is 36.9 Å². The van der Waals surface area contributed by atoms with Gasteiger partial charge >= 0.3 is 11.9 Å². The van der Waals surface area contributed by atoms with Gasteiger partial charge in [-0.1, -0.05) is 0 Å². The number of carboxylic acids is 1. The molecule has 4 rings (SSSR count). The molecule has 20 heteroatoms. The summed E-state index contributed by atoms with van der Waals surface area (Å²) in [6, 6.07) is 10.1. The third kappa shape index (κ3) is 11.2. The minimum absolute atomic E-state index is 0.0299. The largest absolute Gasteiger partial charge is 0.494 e. The summed E-state index contributed by atoms with van der Waals surface area (Å²) in [6.45, 7) is 2.78. The number of carbonyl (C=O) groups excluding carboxylic acids is 1. The molecule has 0 saturated carbocycles. The molecule has 1 heterocycles. The molecule has 17 nitrogen and oxygen atoms in total. The second-order valence-corrected chi connectivity index (χ2v) is 16.7. The molecular formula is C33H38NO16S3+. The molecule has 3 aromatic carbocycles. The van der Waals surface area contributed by atoms with Crippen molar-refractivity contribution in [2.24, 2.45) is 0 Å². The van der Waals surface area contributed by atoms with Gasteiger partial charge in [-0.15, -0.1) is 0 Å². The summed E-state index contributed by atoms with van der Waals surface area (Å²) in [5.74, 6) is -3.37. The third-order valence-electron chi connectivity index (χ3n) is 7.86. The first-order chi connectivity index (χ1) is 24.7. The number of carboxylic acid groups (broad SMARTS) is 1. The number of pyridine rings is 1. The Hall–Kier alpha value is -4.60. The van der Waals surface area contributed by atoms with Gasteiger partial charge in [-0.05, 0) is 68.1 Å². The third-order valence-corrected chi connectivity index (χ3v) is 10.3. The predicted molar refractivity (Wildman–Crippen MR) is 190 cm³/mol. The van der Waals surface area contributed by atoms with Crippen LogP contribution in [0.25, 0.3) is 21.8 Å². The molecule has 0 fully saturated rings. The van der Waals surface area contributed by atoms with Gasteiger partial charge in [0.1, 0.15) is 17.2 Å². The highest BCUT2D eigenvalue weighted by atomic mass is 32.2. The molecule has 4 aromatic rings.